The molecule has 0 fully saturated rings. The largest absolute Gasteiger partial charge is 0.354 e. The van der Waals surface area contributed by atoms with E-state index in [4.69, 9.17) is 0 Å². The Hall–Kier alpha value is -1.20. The van der Waals surface area contributed by atoms with Crippen LogP contribution in [0.15, 0.2) is 24.3 Å². The minimum Gasteiger partial charge on any atom is -0.354 e. The van der Waals surface area contributed by atoms with Crippen LogP contribution in [0.4, 0.5) is 0 Å². The summed E-state index contributed by atoms with van der Waals surface area (Å²) in [5.41, 5.74) is 2.49. The molecule has 2 N–H and O–H groups in total. The zero-order valence-electron chi connectivity index (χ0n) is 11.3. The van der Waals surface area contributed by atoms with E-state index >= 15 is 0 Å². The molecule has 0 spiro atoms. The van der Waals surface area contributed by atoms with Gasteiger partial charge in [-0.15, -0.1) is 0 Å². The average molecular weight is 280 g/mol. The van der Waals surface area contributed by atoms with Crippen molar-refractivity contribution < 1.29 is 9.00 Å². The van der Waals surface area contributed by atoms with Crippen molar-refractivity contribution in [3.63, 3.8) is 0 Å². The first-order valence-electron chi connectivity index (χ1n) is 6.48. The highest BCUT2D eigenvalue weighted by atomic mass is 32.2. The normalized spacial score (nSPS) is 21.3. The van der Waals surface area contributed by atoms with Crippen LogP contribution in [-0.4, -0.2) is 34.2 Å². The Bertz CT molecular complexity index is 490. The van der Waals surface area contributed by atoms with E-state index in [1.165, 1.54) is 11.1 Å². The van der Waals surface area contributed by atoms with Crippen molar-refractivity contribution >= 4 is 16.7 Å². The van der Waals surface area contributed by atoms with Gasteiger partial charge in [-0.2, -0.15) is 0 Å². The molecule has 1 heterocycles. The molecule has 3 atom stereocenters. The Kier molecular flexibility index (Phi) is 4.71. The van der Waals surface area contributed by atoms with Gasteiger partial charge in [0.15, 0.2) is 0 Å². The van der Waals surface area contributed by atoms with Crippen LogP contribution in [0.2, 0.25) is 0 Å². The summed E-state index contributed by atoms with van der Waals surface area (Å²) in [6.45, 7) is 3.06. The standard InChI is InChI=1S/C14H20N2O2S/c1-10(19(2)18)8-16-14(17)13-7-11-5-3-4-6-12(11)9-15-13/h3-6,10,13,15H,7-9H2,1-2H3,(H,16,17). The van der Waals surface area contributed by atoms with E-state index in [0.29, 0.717) is 13.0 Å². The summed E-state index contributed by atoms with van der Waals surface area (Å²) in [7, 11) is -0.903. The van der Waals surface area contributed by atoms with Gasteiger partial charge in [0.2, 0.25) is 5.91 Å². The second-order valence-electron chi connectivity index (χ2n) is 4.96. The van der Waals surface area contributed by atoms with E-state index in [1.807, 2.05) is 19.1 Å². The highest BCUT2D eigenvalue weighted by Crippen LogP contribution is 2.16. The topological polar surface area (TPSA) is 58.2 Å². The third-order valence-electron chi connectivity index (χ3n) is 3.53. The maximum atomic E-state index is 12.1. The monoisotopic (exact) mass is 280 g/mol. The van der Waals surface area contributed by atoms with Gasteiger partial charge in [-0.05, 0) is 24.5 Å². The van der Waals surface area contributed by atoms with Crippen LogP contribution in [0.5, 0.6) is 0 Å². The first kappa shape index (κ1) is 14.2. The molecule has 1 amide bonds. The van der Waals surface area contributed by atoms with Gasteiger partial charge < -0.3 is 10.6 Å². The van der Waals surface area contributed by atoms with Crippen LogP contribution >= 0.6 is 0 Å². The Morgan fingerprint density at radius 2 is 2.16 bits per heavy atom. The summed E-state index contributed by atoms with van der Waals surface area (Å²) in [6.07, 6.45) is 2.37. The lowest BCUT2D eigenvalue weighted by Crippen LogP contribution is -2.49. The number of fused-ring (bicyclic) bond motifs is 1. The number of hydrogen-bond acceptors (Lipinski definition) is 3. The van der Waals surface area contributed by atoms with Crippen molar-refractivity contribution in [1.29, 1.82) is 0 Å². The van der Waals surface area contributed by atoms with Gasteiger partial charge in [0, 0.05) is 35.4 Å². The predicted octanol–water partition coefficient (Wildman–Crippen LogP) is 0.584. The summed E-state index contributed by atoms with van der Waals surface area (Å²) < 4.78 is 11.2. The van der Waals surface area contributed by atoms with Gasteiger partial charge >= 0.3 is 0 Å². The van der Waals surface area contributed by atoms with Gasteiger partial charge in [-0.3, -0.25) is 9.00 Å². The number of amides is 1. The molecule has 0 saturated carbocycles. The second kappa shape index (κ2) is 6.30. The van der Waals surface area contributed by atoms with Crippen LogP contribution in [0.25, 0.3) is 0 Å². The van der Waals surface area contributed by atoms with Crippen molar-refractivity contribution in [2.24, 2.45) is 0 Å². The number of nitrogens with one attached hydrogen (secondary N) is 2. The molecule has 1 aliphatic rings. The molecular weight excluding hydrogens is 260 g/mol. The molecule has 3 unspecified atom stereocenters. The average Bonchev–Trinajstić information content (AvgIpc) is 2.43. The molecule has 4 nitrogen and oxygen atoms in total. The van der Waals surface area contributed by atoms with Crippen LogP contribution in [0, 0.1) is 0 Å². The molecule has 5 heteroatoms. The Labute approximate surface area is 116 Å². The maximum absolute atomic E-state index is 12.1. The lowest BCUT2D eigenvalue weighted by Gasteiger charge is -2.25. The van der Waals surface area contributed by atoms with Crippen molar-refractivity contribution in [3.8, 4) is 0 Å². The van der Waals surface area contributed by atoms with E-state index < -0.39 is 10.8 Å². The van der Waals surface area contributed by atoms with Gasteiger partial charge in [-0.1, -0.05) is 24.3 Å². The number of carbonyl (C=O) groups excluding carboxylic acids is 1. The minimum atomic E-state index is -0.903. The molecule has 104 valence electrons. The van der Waals surface area contributed by atoms with Crippen LogP contribution in [0.1, 0.15) is 18.1 Å². The zero-order valence-corrected chi connectivity index (χ0v) is 12.1. The molecule has 0 aliphatic carbocycles. The fourth-order valence-electron chi connectivity index (χ4n) is 2.12. The highest BCUT2D eigenvalue weighted by Gasteiger charge is 2.24. The summed E-state index contributed by atoms with van der Waals surface area (Å²) in [5.74, 6) is -0.00759. The smallest absolute Gasteiger partial charge is 0.237 e. The highest BCUT2D eigenvalue weighted by molar-refractivity contribution is 7.84. The van der Waals surface area contributed by atoms with Gasteiger partial charge in [0.05, 0.1) is 6.04 Å². The first-order chi connectivity index (χ1) is 9.08. The van der Waals surface area contributed by atoms with E-state index in [2.05, 4.69) is 22.8 Å². The lowest BCUT2D eigenvalue weighted by molar-refractivity contribution is -0.123. The number of rotatable bonds is 4. The molecule has 0 aromatic heterocycles. The molecule has 19 heavy (non-hydrogen) atoms. The Morgan fingerprint density at radius 1 is 1.47 bits per heavy atom. The predicted molar refractivity (Wildman–Crippen MR) is 77.3 cm³/mol. The van der Waals surface area contributed by atoms with E-state index in [9.17, 15) is 9.00 Å². The molecule has 1 aromatic carbocycles. The summed E-state index contributed by atoms with van der Waals surface area (Å²) in [5, 5.41) is 6.10. The summed E-state index contributed by atoms with van der Waals surface area (Å²) >= 11 is 0. The SMILES string of the molecule is CC(CNC(=O)C1Cc2ccccc2CN1)S(C)=O. The van der Waals surface area contributed by atoms with Gasteiger partial charge in [0.25, 0.3) is 0 Å². The number of hydrogen-bond donors (Lipinski definition) is 2. The Balaban J connectivity index is 1.90. The van der Waals surface area contributed by atoms with Crippen molar-refractivity contribution in [2.75, 3.05) is 12.8 Å². The summed E-state index contributed by atoms with van der Waals surface area (Å²) in [6, 6.07) is 7.98. The molecular formula is C14H20N2O2S. The quantitative estimate of drug-likeness (QED) is 0.848. The number of carbonyl (C=O) groups is 1. The molecule has 1 aromatic rings. The molecule has 0 radical (unpaired) electrons. The molecule has 0 bridgehead atoms. The van der Waals surface area contributed by atoms with Crippen molar-refractivity contribution in [1.82, 2.24) is 10.6 Å². The van der Waals surface area contributed by atoms with Crippen molar-refractivity contribution in [2.45, 2.75) is 31.2 Å². The second-order valence-corrected chi connectivity index (χ2v) is 6.76. The molecule has 0 saturated heterocycles. The van der Waals surface area contributed by atoms with Crippen LogP contribution in [0.3, 0.4) is 0 Å². The fourth-order valence-corrected chi connectivity index (χ4v) is 2.44. The zero-order chi connectivity index (χ0) is 13.8. The third kappa shape index (κ3) is 3.64. The molecule has 2 rings (SSSR count). The van der Waals surface area contributed by atoms with Gasteiger partial charge in [0.1, 0.15) is 0 Å². The maximum Gasteiger partial charge on any atom is 0.237 e. The van der Waals surface area contributed by atoms with Gasteiger partial charge in [-0.25, -0.2) is 0 Å². The Morgan fingerprint density at radius 3 is 2.84 bits per heavy atom. The summed E-state index contributed by atoms with van der Waals surface area (Å²) in [4.78, 5) is 12.1. The molecule has 1 aliphatic heterocycles. The fraction of sp³-hybridized carbons (Fsp3) is 0.500. The lowest BCUT2D eigenvalue weighted by atomic mass is 9.95. The van der Waals surface area contributed by atoms with E-state index in [1.54, 1.807) is 6.26 Å². The van der Waals surface area contributed by atoms with Crippen LogP contribution < -0.4 is 10.6 Å². The minimum absolute atomic E-state index is 0.00759. The van der Waals surface area contributed by atoms with E-state index in [0.717, 1.165) is 6.54 Å². The van der Waals surface area contributed by atoms with Crippen molar-refractivity contribution in [3.05, 3.63) is 35.4 Å². The van der Waals surface area contributed by atoms with E-state index in [-0.39, 0.29) is 17.2 Å². The number of benzene rings is 1. The van der Waals surface area contributed by atoms with Crippen LogP contribution in [-0.2, 0) is 28.6 Å². The first-order valence-corrected chi connectivity index (χ1v) is 8.10. The third-order valence-corrected chi connectivity index (χ3v) is 4.83.